The van der Waals surface area contributed by atoms with Crippen LogP contribution in [-0.4, -0.2) is 34.3 Å². The second-order valence-electron chi connectivity index (χ2n) is 5.75. The quantitative estimate of drug-likeness (QED) is 0.807. The molecule has 17 heavy (non-hydrogen) atoms. The second-order valence-corrected chi connectivity index (χ2v) is 5.75. The van der Waals surface area contributed by atoms with Crippen molar-refractivity contribution in [2.24, 2.45) is 5.73 Å². The van der Waals surface area contributed by atoms with Crippen LogP contribution < -0.4 is 10.6 Å². The molecule has 1 unspecified atom stereocenters. The van der Waals surface area contributed by atoms with E-state index in [1.54, 1.807) is 0 Å². The van der Waals surface area contributed by atoms with Crippen LogP contribution in [0.4, 0.5) is 5.95 Å². The average molecular weight is 235 g/mol. The van der Waals surface area contributed by atoms with E-state index < -0.39 is 0 Å². The van der Waals surface area contributed by atoms with Crippen LogP contribution >= 0.6 is 0 Å². The van der Waals surface area contributed by atoms with Gasteiger partial charge in [0.1, 0.15) is 5.82 Å². The summed E-state index contributed by atoms with van der Waals surface area (Å²) in [7, 11) is 0. The van der Waals surface area contributed by atoms with Gasteiger partial charge in [-0.15, -0.1) is 5.10 Å². The van der Waals surface area contributed by atoms with Gasteiger partial charge in [-0.25, -0.2) is 0 Å². The SMILES string of the molecule is CC1(c2nc(N3CCC(N)C3)n[nH]2)CCCC1. The Morgan fingerprint density at radius 3 is 2.82 bits per heavy atom. The van der Waals surface area contributed by atoms with Crippen LogP contribution in [0, 0.1) is 0 Å². The lowest BCUT2D eigenvalue weighted by molar-refractivity contribution is 0.460. The van der Waals surface area contributed by atoms with E-state index in [1.807, 2.05) is 0 Å². The number of aromatic amines is 1. The fraction of sp³-hybridized carbons (Fsp3) is 0.833. The minimum atomic E-state index is 0.215. The van der Waals surface area contributed by atoms with E-state index in [9.17, 15) is 0 Å². The fourth-order valence-electron chi connectivity index (χ4n) is 3.03. The molecule has 3 N–H and O–H groups in total. The molecule has 5 nitrogen and oxygen atoms in total. The number of nitrogens with one attached hydrogen (secondary N) is 1. The van der Waals surface area contributed by atoms with Gasteiger partial charge in [-0.05, 0) is 19.3 Å². The topological polar surface area (TPSA) is 70.8 Å². The van der Waals surface area contributed by atoms with Gasteiger partial charge < -0.3 is 10.6 Å². The van der Waals surface area contributed by atoms with Crippen molar-refractivity contribution in [3.8, 4) is 0 Å². The molecule has 5 heteroatoms. The van der Waals surface area contributed by atoms with Crippen LogP contribution in [0.15, 0.2) is 0 Å². The van der Waals surface area contributed by atoms with Gasteiger partial charge in [0, 0.05) is 24.5 Å². The standard InChI is InChI=1S/C12H21N5/c1-12(5-2-3-6-12)10-14-11(16-15-10)17-7-4-9(13)8-17/h9H,2-8,13H2,1H3,(H,14,15,16). The Balaban J connectivity index is 1.78. The summed E-state index contributed by atoms with van der Waals surface area (Å²) in [6.07, 6.45) is 6.10. The summed E-state index contributed by atoms with van der Waals surface area (Å²) in [5.74, 6) is 1.89. The maximum Gasteiger partial charge on any atom is 0.244 e. The fourth-order valence-corrected chi connectivity index (χ4v) is 3.03. The third-order valence-electron chi connectivity index (χ3n) is 4.26. The van der Waals surface area contributed by atoms with Crippen molar-refractivity contribution in [3.63, 3.8) is 0 Å². The molecule has 0 bridgehead atoms. The van der Waals surface area contributed by atoms with Crippen molar-refractivity contribution in [2.75, 3.05) is 18.0 Å². The monoisotopic (exact) mass is 235 g/mol. The van der Waals surface area contributed by atoms with Crippen LogP contribution in [0.3, 0.4) is 0 Å². The zero-order valence-electron chi connectivity index (χ0n) is 10.4. The zero-order chi connectivity index (χ0) is 11.9. The van der Waals surface area contributed by atoms with E-state index in [0.717, 1.165) is 31.3 Å². The number of anilines is 1. The molecule has 94 valence electrons. The highest BCUT2D eigenvalue weighted by molar-refractivity contribution is 5.32. The van der Waals surface area contributed by atoms with Crippen LogP contribution in [-0.2, 0) is 5.41 Å². The van der Waals surface area contributed by atoms with Gasteiger partial charge in [0.25, 0.3) is 0 Å². The zero-order valence-corrected chi connectivity index (χ0v) is 10.4. The first kappa shape index (κ1) is 11.0. The molecule has 1 saturated heterocycles. The summed E-state index contributed by atoms with van der Waals surface area (Å²) in [6, 6.07) is 0.277. The molecule has 1 aromatic heterocycles. The van der Waals surface area contributed by atoms with Crippen molar-refractivity contribution in [2.45, 2.75) is 50.5 Å². The first-order valence-electron chi connectivity index (χ1n) is 6.61. The molecule has 1 aliphatic carbocycles. The van der Waals surface area contributed by atoms with Crippen molar-refractivity contribution < 1.29 is 0 Å². The Hall–Kier alpha value is -1.10. The third kappa shape index (κ3) is 1.92. The molecule has 0 amide bonds. The van der Waals surface area contributed by atoms with Gasteiger partial charge in [-0.1, -0.05) is 19.8 Å². The molecule has 1 aromatic rings. The number of nitrogens with zero attached hydrogens (tertiary/aromatic N) is 3. The summed E-state index contributed by atoms with van der Waals surface area (Å²) in [5, 5.41) is 7.49. The maximum absolute atomic E-state index is 5.91. The van der Waals surface area contributed by atoms with E-state index in [2.05, 4.69) is 27.0 Å². The number of rotatable bonds is 2. The summed E-state index contributed by atoms with van der Waals surface area (Å²) >= 11 is 0. The predicted molar refractivity (Wildman–Crippen MR) is 67.0 cm³/mol. The number of nitrogens with two attached hydrogens (primary N) is 1. The summed E-state index contributed by atoms with van der Waals surface area (Å²) < 4.78 is 0. The Bertz CT molecular complexity index is 393. The van der Waals surface area contributed by atoms with Gasteiger partial charge in [0.15, 0.2) is 0 Å². The van der Waals surface area contributed by atoms with Gasteiger partial charge >= 0.3 is 0 Å². The van der Waals surface area contributed by atoms with Crippen LogP contribution in [0.5, 0.6) is 0 Å². The van der Waals surface area contributed by atoms with Gasteiger partial charge in [-0.2, -0.15) is 4.98 Å². The number of hydrogen-bond donors (Lipinski definition) is 2. The Morgan fingerprint density at radius 2 is 2.18 bits per heavy atom. The lowest BCUT2D eigenvalue weighted by atomic mass is 9.88. The Labute approximate surface area is 102 Å². The number of hydrogen-bond acceptors (Lipinski definition) is 4. The molecule has 1 aliphatic heterocycles. The summed E-state index contributed by atoms with van der Waals surface area (Å²) in [6.45, 7) is 4.16. The van der Waals surface area contributed by atoms with Crippen LogP contribution in [0.1, 0.15) is 44.9 Å². The van der Waals surface area contributed by atoms with Gasteiger partial charge in [0.05, 0.1) is 0 Å². The molecular weight excluding hydrogens is 214 g/mol. The first-order chi connectivity index (χ1) is 8.17. The number of H-pyrrole nitrogens is 1. The molecule has 1 atom stereocenters. The molecule has 1 saturated carbocycles. The number of aromatic nitrogens is 3. The first-order valence-corrected chi connectivity index (χ1v) is 6.61. The van der Waals surface area contributed by atoms with E-state index in [4.69, 9.17) is 5.73 Å². The molecule has 2 heterocycles. The highest BCUT2D eigenvalue weighted by atomic mass is 15.4. The van der Waals surface area contributed by atoms with Crippen LogP contribution in [0.25, 0.3) is 0 Å². The van der Waals surface area contributed by atoms with Crippen molar-refractivity contribution in [1.29, 1.82) is 0 Å². The maximum atomic E-state index is 5.91. The molecule has 3 rings (SSSR count). The highest BCUT2D eigenvalue weighted by Crippen LogP contribution is 2.39. The lowest BCUT2D eigenvalue weighted by Crippen LogP contribution is -2.27. The van der Waals surface area contributed by atoms with E-state index in [0.29, 0.717) is 0 Å². The van der Waals surface area contributed by atoms with Gasteiger partial charge in [0.2, 0.25) is 5.95 Å². The normalized spacial score (nSPS) is 27.9. The summed E-state index contributed by atoms with van der Waals surface area (Å²) in [4.78, 5) is 6.87. The molecule has 0 aromatic carbocycles. The van der Waals surface area contributed by atoms with Crippen molar-refractivity contribution in [3.05, 3.63) is 5.82 Å². The molecule has 0 spiro atoms. The highest BCUT2D eigenvalue weighted by Gasteiger charge is 2.34. The van der Waals surface area contributed by atoms with E-state index in [1.165, 1.54) is 25.7 Å². The molecule has 2 fully saturated rings. The Kier molecular flexibility index (Phi) is 2.58. The minimum Gasteiger partial charge on any atom is -0.338 e. The Morgan fingerprint density at radius 1 is 1.41 bits per heavy atom. The molecule has 0 radical (unpaired) electrons. The van der Waals surface area contributed by atoms with E-state index >= 15 is 0 Å². The van der Waals surface area contributed by atoms with E-state index in [-0.39, 0.29) is 11.5 Å². The van der Waals surface area contributed by atoms with Crippen molar-refractivity contribution in [1.82, 2.24) is 15.2 Å². The summed E-state index contributed by atoms with van der Waals surface area (Å²) in [5.41, 5.74) is 6.13. The van der Waals surface area contributed by atoms with Crippen LogP contribution in [0.2, 0.25) is 0 Å². The average Bonchev–Trinajstić information content (AvgIpc) is 2.96. The minimum absolute atomic E-state index is 0.215. The molecule has 2 aliphatic rings. The lowest BCUT2D eigenvalue weighted by Gasteiger charge is -2.19. The third-order valence-corrected chi connectivity index (χ3v) is 4.26. The van der Waals surface area contributed by atoms with Gasteiger partial charge in [-0.3, -0.25) is 5.10 Å². The largest absolute Gasteiger partial charge is 0.338 e. The second kappa shape index (κ2) is 3.98. The predicted octanol–water partition coefficient (Wildman–Crippen LogP) is 1.17. The molecular formula is C12H21N5. The van der Waals surface area contributed by atoms with Crippen molar-refractivity contribution >= 4 is 5.95 Å². The smallest absolute Gasteiger partial charge is 0.244 e.